The molecule has 0 atom stereocenters. The van der Waals surface area contributed by atoms with Crippen molar-refractivity contribution < 1.29 is 0 Å². The summed E-state index contributed by atoms with van der Waals surface area (Å²) in [4.78, 5) is 0. The van der Waals surface area contributed by atoms with Crippen LogP contribution in [-0.2, 0) is 21.7 Å². The van der Waals surface area contributed by atoms with Crippen LogP contribution < -0.4 is 0 Å². The van der Waals surface area contributed by atoms with Gasteiger partial charge in [-0.2, -0.15) is 0 Å². The molecule has 0 bridgehead atoms. The van der Waals surface area contributed by atoms with Gasteiger partial charge in [0.25, 0.3) is 0 Å². The Bertz CT molecular complexity index is 3410. The lowest BCUT2D eigenvalue weighted by molar-refractivity contribution is 0.351. The summed E-state index contributed by atoms with van der Waals surface area (Å²) in [6.45, 7) is 57.0. The van der Waals surface area contributed by atoms with Gasteiger partial charge in [-0.05, 0) is 179 Å². The topological polar surface area (TPSA) is 0 Å². The smallest absolute Gasteiger partial charge is 0.0217 e. The first-order valence-electron chi connectivity index (χ1n) is 41.6. The van der Waals surface area contributed by atoms with E-state index < -0.39 is 0 Å². The Morgan fingerprint density at radius 1 is 0.192 bits per heavy atom. The second kappa shape index (κ2) is 48.6. The van der Waals surface area contributed by atoms with Crippen molar-refractivity contribution in [2.75, 3.05) is 0 Å². The van der Waals surface area contributed by atoms with Gasteiger partial charge in [-0.3, -0.25) is 0 Å². The molecule has 99 heavy (non-hydrogen) atoms. The summed E-state index contributed by atoms with van der Waals surface area (Å²) in [5.74, 6) is 0. The Balaban J connectivity index is 0.000000598. The quantitative estimate of drug-likeness (QED) is 0.142. The molecular weight excluding hydrogens is 1190 g/mol. The Labute approximate surface area is 614 Å². The third-order valence-corrected chi connectivity index (χ3v) is 20.4. The fourth-order valence-corrected chi connectivity index (χ4v) is 17.2. The average molecular weight is 1340 g/mol. The molecule has 0 aromatic heterocycles. The lowest BCUT2D eigenvalue weighted by Gasteiger charge is -2.36. The zero-order valence-electron chi connectivity index (χ0n) is 69.6. The van der Waals surface area contributed by atoms with E-state index in [-0.39, 0.29) is 0 Å². The van der Waals surface area contributed by atoms with Crippen molar-refractivity contribution in [1.29, 1.82) is 0 Å². The van der Waals surface area contributed by atoms with Crippen molar-refractivity contribution in [3.05, 3.63) is 237 Å². The number of hydrogen-bond acceptors (Lipinski definition) is 0. The van der Waals surface area contributed by atoms with Crippen LogP contribution in [0.15, 0.2) is 170 Å². The van der Waals surface area contributed by atoms with Gasteiger partial charge in [-0.25, -0.2) is 0 Å². The van der Waals surface area contributed by atoms with Gasteiger partial charge >= 0.3 is 0 Å². The maximum absolute atomic E-state index is 2.45. The van der Waals surface area contributed by atoms with E-state index in [0.717, 1.165) is 0 Å². The van der Waals surface area contributed by atoms with Crippen LogP contribution in [0.2, 0.25) is 0 Å². The Morgan fingerprint density at radius 2 is 0.465 bits per heavy atom. The number of aryl methyl sites for hydroxylation is 4. The van der Waals surface area contributed by atoms with Crippen LogP contribution in [0.4, 0.5) is 0 Å². The number of benzene rings is 8. The van der Waals surface area contributed by atoms with Crippen molar-refractivity contribution in [3.8, 4) is 44.5 Å². The number of fused-ring (bicyclic) bond motifs is 20. The molecule has 16 rings (SSSR count). The fourth-order valence-electron chi connectivity index (χ4n) is 17.2. The summed E-state index contributed by atoms with van der Waals surface area (Å²) in [7, 11) is 0. The molecule has 8 aromatic carbocycles. The first-order valence-corrected chi connectivity index (χ1v) is 41.6. The van der Waals surface area contributed by atoms with E-state index in [4.69, 9.17) is 0 Å². The lowest BCUT2D eigenvalue weighted by Crippen LogP contribution is -2.28. The molecule has 0 N–H and O–H groups in total. The zero-order chi connectivity index (χ0) is 74.8. The van der Waals surface area contributed by atoms with Crippen molar-refractivity contribution >= 4 is 0 Å². The summed E-state index contributed by atoms with van der Waals surface area (Å²) >= 11 is 0. The van der Waals surface area contributed by atoms with Crippen LogP contribution in [0.3, 0.4) is 0 Å². The molecular formula is C99H150. The van der Waals surface area contributed by atoms with Gasteiger partial charge < -0.3 is 0 Å². The van der Waals surface area contributed by atoms with Gasteiger partial charge in [-0.1, -0.05) is 418 Å². The van der Waals surface area contributed by atoms with Crippen LogP contribution in [0.25, 0.3) is 44.5 Å². The SMILES string of the molecule is CC.CC.CC.CC.CC.CC.CC.CC.CC.CC.CC.CC.Cc1ccc2c(c1)-c1ccccc1C21CCCCC1.Cc1ccc2c(c1)C1(CCCCC1)c1ccccc1-2.Cc1cccc2c1-c1ccccc1C21CCCC1.Cc1cccc2c1C1(CCCCC1)c1ccccc1-2. The van der Waals surface area contributed by atoms with E-state index in [1.54, 1.807) is 44.5 Å². The molecule has 8 aliphatic carbocycles. The fraction of sp³-hybridized carbons (Fsp3) is 0.515. The highest BCUT2D eigenvalue weighted by Crippen LogP contribution is 2.60. The van der Waals surface area contributed by atoms with Crippen LogP contribution in [0.1, 0.15) is 355 Å². The van der Waals surface area contributed by atoms with Crippen molar-refractivity contribution in [2.45, 2.75) is 338 Å². The first-order chi connectivity index (χ1) is 48.8. The predicted octanol–water partition coefficient (Wildman–Crippen LogP) is 32.8. The van der Waals surface area contributed by atoms with Crippen molar-refractivity contribution in [2.24, 2.45) is 0 Å². The molecule has 0 saturated heterocycles. The largest absolute Gasteiger partial charge is 0.0683 e. The summed E-state index contributed by atoms with van der Waals surface area (Å²) in [5.41, 5.74) is 31.8. The molecule has 0 nitrogen and oxygen atoms in total. The molecule has 0 unspecified atom stereocenters. The molecule has 8 aromatic rings. The summed E-state index contributed by atoms with van der Waals surface area (Å²) in [6.07, 6.45) is 25.9. The molecule has 4 saturated carbocycles. The highest BCUT2D eigenvalue weighted by molar-refractivity contribution is 5.85. The standard InChI is InChI=1S/3C19H20.C18H18.12C2H6/c1-14-8-7-10-16-15-9-3-4-11-17(15)19(18(14)16)12-5-2-6-13-19;1-14-9-10-18-16(13-14)15-7-3-4-8-17(15)19(18)11-5-2-6-12-19;1-14-9-10-16-15-7-3-4-8-17(15)19(18(16)13-14)11-5-2-6-12-19;1-13-7-6-10-16-17(13)14-8-2-3-9-15(14)18(16)11-4-5-12-18;12*1-2/h3-4,7-11H,2,5-6,12-13H2,1H3;2*3-4,7-10,13H,2,5-6,11-12H2,1H3;2-3,6-10H,4-5,11-12H2,1H3;12*1-2H3. The zero-order valence-corrected chi connectivity index (χ0v) is 69.6. The van der Waals surface area contributed by atoms with Crippen molar-refractivity contribution in [1.82, 2.24) is 0 Å². The van der Waals surface area contributed by atoms with Gasteiger partial charge in [0, 0.05) is 21.7 Å². The highest BCUT2D eigenvalue weighted by Gasteiger charge is 2.48. The third kappa shape index (κ3) is 19.5. The van der Waals surface area contributed by atoms with Crippen LogP contribution in [0.5, 0.6) is 0 Å². The number of rotatable bonds is 0. The second-order valence-electron chi connectivity index (χ2n) is 24.5. The molecule has 8 aliphatic rings. The van der Waals surface area contributed by atoms with E-state index in [1.165, 1.54) is 189 Å². The van der Waals surface area contributed by atoms with E-state index in [2.05, 4.69) is 198 Å². The first kappa shape index (κ1) is 90.8. The van der Waals surface area contributed by atoms with E-state index in [9.17, 15) is 0 Å². The molecule has 4 spiro atoms. The summed E-state index contributed by atoms with van der Waals surface area (Å²) < 4.78 is 0. The van der Waals surface area contributed by atoms with Crippen molar-refractivity contribution in [3.63, 3.8) is 0 Å². The molecule has 546 valence electrons. The summed E-state index contributed by atoms with van der Waals surface area (Å²) in [6, 6.07) is 64.2. The van der Waals surface area contributed by atoms with Crippen LogP contribution in [0, 0.1) is 27.7 Å². The molecule has 0 heterocycles. The molecule has 0 amide bonds. The number of hydrogen-bond donors (Lipinski definition) is 0. The predicted molar refractivity (Wildman–Crippen MR) is 453 cm³/mol. The molecule has 0 radical (unpaired) electrons. The third-order valence-electron chi connectivity index (χ3n) is 20.4. The lowest BCUT2D eigenvalue weighted by atomic mass is 9.67. The second-order valence-corrected chi connectivity index (χ2v) is 24.5. The van der Waals surface area contributed by atoms with Gasteiger partial charge in [0.05, 0.1) is 0 Å². The maximum atomic E-state index is 2.45. The molecule has 0 heteroatoms. The van der Waals surface area contributed by atoms with Gasteiger partial charge in [0.2, 0.25) is 0 Å². The Hall–Kier alpha value is -6.24. The average Bonchev–Trinajstić information content (AvgIpc) is 1.60. The Kier molecular flexibility index (Phi) is 44.5. The highest BCUT2D eigenvalue weighted by atomic mass is 14.5. The van der Waals surface area contributed by atoms with E-state index >= 15 is 0 Å². The molecule has 4 fully saturated rings. The monoisotopic (exact) mass is 1340 g/mol. The van der Waals surface area contributed by atoms with E-state index in [1.807, 2.05) is 166 Å². The minimum absolute atomic E-state index is 0.329. The van der Waals surface area contributed by atoms with Crippen LogP contribution >= 0.6 is 0 Å². The minimum Gasteiger partial charge on any atom is -0.0683 e. The van der Waals surface area contributed by atoms with Gasteiger partial charge in [-0.15, -0.1) is 0 Å². The molecule has 0 aliphatic heterocycles. The normalized spacial score (nSPS) is 15.2. The van der Waals surface area contributed by atoms with Crippen LogP contribution in [-0.4, -0.2) is 0 Å². The maximum Gasteiger partial charge on any atom is 0.0217 e. The Morgan fingerprint density at radius 3 is 0.919 bits per heavy atom. The van der Waals surface area contributed by atoms with Gasteiger partial charge in [0.15, 0.2) is 0 Å². The van der Waals surface area contributed by atoms with E-state index in [0.29, 0.717) is 21.7 Å². The van der Waals surface area contributed by atoms with Gasteiger partial charge in [0.1, 0.15) is 0 Å². The summed E-state index contributed by atoms with van der Waals surface area (Å²) in [5, 5.41) is 0. The minimum atomic E-state index is 0.329.